The third kappa shape index (κ3) is 5.15. The van der Waals surface area contributed by atoms with Gasteiger partial charge in [-0.1, -0.05) is 30.3 Å². The molecule has 0 aromatic heterocycles. The van der Waals surface area contributed by atoms with E-state index in [1.165, 1.54) is 24.0 Å². The summed E-state index contributed by atoms with van der Waals surface area (Å²) in [5.74, 6) is -3.77. The number of carbonyl (C=O) groups is 3. The summed E-state index contributed by atoms with van der Waals surface area (Å²) in [7, 11) is 1.57. The number of para-hydroxylation sites is 1. The van der Waals surface area contributed by atoms with E-state index in [-0.39, 0.29) is 16.8 Å². The maximum atomic E-state index is 13.7. The first kappa shape index (κ1) is 22.6. The lowest BCUT2D eigenvalue weighted by Gasteiger charge is -2.19. The molecule has 1 unspecified atom stereocenters. The van der Waals surface area contributed by atoms with Gasteiger partial charge in [-0.05, 0) is 43.3 Å². The van der Waals surface area contributed by atoms with Gasteiger partial charge in [0, 0.05) is 18.8 Å². The van der Waals surface area contributed by atoms with Gasteiger partial charge in [-0.3, -0.25) is 9.59 Å². The third-order valence-electron chi connectivity index (χ3n) is 4.66. The molecule has 32 heavy (non-hydrogen) atoms. The molecular formula is C24H20F2N2O4. The van der Waals surface area contributed by atoms with Crippen LogP contribution < -0.4 is 10.2 Å². The molecule has 0 heterocycles. The van der Waals surface area contributed by atoms with Gasteiger partial charge >= 0.3 is 5.97 Å². The Kier molecular flexibility index (Phi) is 6.94. The molecule has 6 nitrogen and oxygen atoms in total. The molecule has 0 aliphatic carbocycles. The van der Waals surface area contributed by atoms with E-state index in [1.54, 1.807) is 43.4 Å². The molecule has 0 radical (unpaired) electrons. The van der Waals surface area contributed by atoms with E-state index in [4.69, 9.17) is 4.74 Å². The second kappa shape index (κ2) is 9.82. The van der Waals surface area contributed by atoms with Crippen molar-refractivity contribution in [3.8, 4) is 0 Å². The van der Waals surface area contributed by atoms with Crippen LogP contribution in [0.1, 0.15) is 27.6 Å². The van der Waals surface area contributed by atoms with Gasteiger partial charge in [0.05, 0.1) is 16.8 Å². The monoisotopic (exact) mass is 438 g/mol. The van der Waals surface area contributed by atoms with Crippen LogP contribution in [0, 0.1) is 11.6 Å². The highest BCUT2D eigenvalue weighted by Crippen LogP contribution is 2.19. The molecule has 164 valence electrons. The van der Waals surface area contributed by atoms with Gasteiger partial charge in [0.25, 0.3) is 11.8 Å². The van der Waals surface area contributed by atoms with Gasteiger partial charge in [-0.15, -0.1) is 0 Å². The topological polar surface area (TPSA) is 75.7 Å². The van der Waals surface area contributed by atoms with Crippen LogP contribution in [-0.4, -0.2) is 30.9 Å². The highest BCUT2D eigenvalue weighted by molar-refractivity contribution is 6.12. The molecule has 0 bridgehead atoms. The normalized spacial score (nSPS) is 11.4. The second-order valence-electron chi connectivity index (χ2n) is 6.91. The highest BCUT2D eigenvalue weighted by atomic mass is 19.1. The molecule has 0 fully saturated rings. The van der Waals surface area contributed by atoms with Crippen molar-refractivity contribution in [2.24, 2.45) is 0 Å². The summed E-state index contributed by atoms with van der Waals surface area (Å²) in [5, 5.41) is 2.18. The summed E-state index contributed by atoms with van der Waals surface area (Å²) in [6.07, 6.45) is -1.33. The van der Waals surface area contributed by atoms with E-state index in [2.05, 4.69) is 5.32 Å². The van der Waals surface area contributed by atoms with Gasteiger partial charge in [0.15, 0.2) is 6.10 Å². The van der Waals surface area contributed by atoms with Crippen LogP contribution in [0.3, 0.4) is 0 Å². The van der Waals surface area contributed by atoms with Crippen molar-refractivity contribution in [1.82, 2.24) is 0 Å². The molecule has 1 atom stereocenters. The molecule has 3 aromatic rings. The second-order valence-corrected chi connectivity index (χ2v) is 6.91. The number of amides is 2. The zero-order valence-electron chi connectivity index (χ0n) is 17.3. The van der Waals surface area contributed by atoms with Crippen molar-refractivity contribution < 1.29 is 27.9 Å². The van der Waals surface area contributed by atoms with Crippen LogP contribution in [0.4, 0.5) is 20.2 Å². The third-order valence-corrected chi connectivity index (χ3v) is 4.66. The number of halogens is 2. The smallest absolute Gasteiger partial charge is 0.339 e. The van der Waals surface area contributed by atoms with E-state index in [1.807, 2.05) is 6.07 Å². The summed E-state index contributed by atoms with van der Waals surface area (Å²) < 4.78 is 32.2. The van der Waals surface area contributed by atoms with E-state index in [0.717, 1.165) is 18.2 Å². The number of nitrogens with one attached hydrogen (secondary N) is 1. The highest BCUT2D eigenvalue weighted by Gasteiger charge is 2.25. The largest absolute Gasteiger partial charge is 0.449 e. The molecule has 3 aromatic carbocycles. The fourth-order valence-electron chi connectivity index (χ4n) is 2.90. The number of rotatable bonds is 6. The fourth-order valence-corrected chi connectivity index (χ4v) is 2.90. The van der Waals surface area contributed by atoms with E-state index < -0.39 is 35.5 Å². The van der Waals surface area contributed by atoms with E-state index in [0.29, 0.717) is 5.69 Å². The Balaban J connectivity index is 1.74. The molecule has 0 aliphatic rings. The Bertz CT molecular complexity index is 1150. The van der Waals surface area contributed by atoms with Crippen molar-refractivity contribution in [3.05, 3.63) is 95.6 Å². The van der Waals surface area contributed by atoms with Crippen molar-refractivity contribution in [1.29, 1.82) is 0 Å². The first-order valence-corrected chi connectivity index (χ1v) is 9.67. The number of benzene rings is 3. The minimum Gasteiger partial charge on any atom is -0.449 e. The fraction of sp³-hybridized carbons (Fsp3) is 0.125. The summed E-state index contributed by atoms with van der Waals surface area (Å²) in [6, 6.07) is 17.5. The average molecular weight is 438 g/mol. The van der Waals surface area contributed by atoms with Gasteiger partial charge in [-0.2, -0.15) is 0 Å². The summed E-state index contributed by atoms with van der Waals surface area (Å²) in [4.78, 5) is 39.4. The lowest BCUT2D eigenvalue weighted by atomic mass is 10.1. The Labute approximate surface area is 183 Å². The van der Waals surface area contributed by atoms with Crippen molar-refractivity contribution >= 4 is 29.2 Å². The predicted octanol–water partition coefficient (Wildman–Crippen LogP) is 4.43. The number of hydrogen-bond donors (Lipinski definition) is 1. The Morgan fingerprint density at radius 3 is 2.22 bits per heavy atom. The molecule has 0 spiro atoms. The van der Waals surface area contributed by atoms with E-state index >= 15 is 0 Å². The minimum absolute atomic E-state index is 0.0307. The molecule has 0 saturated carbocycles. The van der Waals surface area contributed by atoms with Crippen LogP contribution >= 0.6 is 0 Å². The first-order valence-electron chi connectivity index (χ1n) is 9.67. The SMILES string of the molecule is CC(OC(=O)c1ccccc1C(=O)N(C)c1ccccc1)C(=O)Nc1cc(F)ccc1F. The quantitative estimate of drug-likeness (QED) is 0.578. The molecule has 3 rings (SSSR count). The summed E-state index contributed by atoms with van der Waals surface area (Å²) in [5.41, 5.74) is 0.313. The number of hydrogen-bond acceptors (Lipinski definition) is 4. The Morgan fingerprint density at radius 1 is 0.906 bits per heavy atom. The minimum atomic E-state index is -1.33. The first-order chi connectivity index (χ1) is 15.3. The van der Waals surface area contributed by atoms with Gasteiger partial charge < -0.3 is 15.0 Å². The molecular weight excluding hydrogens is 418 g/mol. The van der Waals surface area contributed by atoms with E-state index in [9.17, 15) is 23.2 Å². The van der Waals surface area contributed by atoms with Gasteiger partial charge in [0.2, 0.25) is 0 Å². The maximum Gasteiger partial charge on any atom is 0.339 e. The number of anilines is 2. The zero-order chi connectivity index (χ0) is 23.3. The predicted molar refractivity (Wildman–Crippen MR) is 115 cm³/mol. The lowest BCUT2D eigenvalue weighted by molar-refractivity contribution is -0.123. The molecule has 8 heteroatoms. The van der Waals surface area contributed by atoms with Gasteiger partial charge in [0.1, 0.15) is 11.6 Å². The number of ether oxygens (including phenoxy) is 1. The number of carbonyl (C=O) groups excluding carboxylic acids is 3. The van der Waals surface area contributed by atoms with Gasteiger partial charge in [-0.25, -0.2) is 13.6 Å². The van der Waals surface area contributed by atoms with Crippen LogP contribution in [0.5, 0.6) is 0 Å². The van der Waals surface area contributed by atoms with Crippen molar-refractivity contribution in [2.75, 3.05) is 17.3 Å². The van der Waals surface area contributed by atoms with Crippen LogP contribution in [0.15, 0.2) is 72.8 Å². The maximum absolute atomic E-state index is 13.7. The van der Waals surface area contributed by atoms with Crippen LogP contribution in [0.25, 0.3) is 0 Å². The average Bonchev–Trinajstić information content (AvgIpc) is 2.80. The Morgan fingerprint density at radius 2 is 1.53 bits per heavy atom. The van der Waals surface area contributed by atoms with Crippen molar-refractivity contribution in [3.63, 3.8) is 0 Å². The zero-order valence-corrected chi connectivity index (χ0v) is 17.3. The Hall–Kier alpha value is -4.07. The number of nitrogens with zero attached hydrogens (tertiary/aromatic N) is 1. The number of esters is 1. The lowest BCUT2D eigenvalue weighted by Crippen LogP contribution is -2.32. The summed E-state index contributed by atoms with van der Waals surface area (Å²) in [6.45, 7) is 1.28. The molecule has 0 saturated heterocycles. The van der Waals surface area contributed by atoms with Crippen molar-refractivity contribution in [2.45, 2.75) is 13.0 Å². The van der Waals surface area contributed by atoms with Crippen LogP contribution in [-0.2, 0) is 9.53 Å². The summed E-state index contributed by atoms with van der Waals surface area (Å²) >= 11 is 0. The molecule has 1 N–H and O–H groups in total. The molecule has 2 amide bonds. The van der Waals surface area contributed by atoms with Crippen LogP contribution in [0.2, 0.25) is 0 Å². The standard InChI is InChI=1S/C24H20F2N2O4/c1-15(22(29)27-21-14-16(25)12-13-20(21)26)32-24(31)19-11-7-6-10-18(19)23(30)28(2)17-8-4-3-5-9-17/h3-15H,1-2H3,(H,27,29). The molecule has 0 aliphatic heterocycles.